The fourth-order valence-corrected chi connectivity index (χ4v) is 1.20. The van der Waals surface area contributed by atoms with Crippen LogP contribution in [0.2, 0.25) is 0 Å². The van der Waals surface area contributed by atoms with E-state index in [0.29, 0.717) is 11.9 Å². The highest BCUT2D eigenvalue weighted by Crippen LogP contribution is 2.06. The Hall–Kier alpha value is -1.03. The molecule has 0 atom stereocenters. The van der Waals surface area contributed by atoms with Gasteiger partial charge in [0.25, 0.3) is 0 Å². The van der Waals surface area contributed by atoms with Crippen molar-refractivity contribution in [2.75, 3.05) is 12.3 Å². The van der Waals surface area contributed by atoms with E-state index >= 15 is 0 Å². The number of hydrogen-bond donors (Lipinski definition) is 1. The van der Waals surface area contributed by atoms with Crippen molar-refractivity contribution in [1.29, 1.82) is 0 Å². The van der Waals surface area contributed by atoms with Gasteiger partial charge in [-0.15, -0.1) is 0 Å². The summed E-state index contributed by atoms with van der Waals surface area (Å²) < 4.78 is 7.30. The quantitative estimate of drug-likeness (QED) is 0.729. The predicted octanol–water partition coefficient (Wildman–Crippen LogP) is 1.59. The predicted molar refractivity (Wildman–Crippen MR) is 57.1 cm³/mol. The zero-order chi connectivity index (χ0) is 10.6. The van der Waals surface area contributed by atoms with Gasteiger partial charge in [-0.25, -0.2) is 0 Å². The molecule has 4 heteroatoms. The normalized spacial score (nSPS) is 11.1. The summed E-state index contributed by atoms with van der Waals surface area (Å²) in [6, 6.07) is 0. The standard InChI is InChI=1S/C10H19N3O/c1-8(2)14-6-4-5-13-7-9(3)10(11)12-13/h7-8H,4-6H2,1-3H3,(H2,11,12). The second kappa shape index (κ2) is 5.00. The third kappa shape index (κ3) is 3.38. The first kappa shape index (κ1) is 11.0. The lowest BCUT2D eigenvalue weighted by Crippen LogP contribution is -2.07. The van der Waals surface area contributed by atoms with Crippen LogP contribution >= 0.6 is 0 Å². The van der Waals surface area contributed by atoms with Crippen LogP contribution in [0.5, 0.6) is 0 Å². The number of nitrogens with zero attached hydrogens (tertiary/aromatic N) is 2. The van der Waals surface area contributed by atoms with Gasteiger partial charge < -0.3 is 10.5 Å². The van der Waals surface area contributed by atoms with E-state index in [2.05, 4.69) is 5.10 Å². The van der Waals surface area contributed by atoms with E-state index in [1.807, 2.05) is 31.6 Å². The third-order valence-electron chi connectivity index (χ3n) is 1.97. The number of hydrogen-bond acceptors (Lipinski definition) is 3. The Balaban J connectivity index is 2.25. The van der Waals surface area contributed by atoms with Gasteiger partial charge in [0.15, 0.2) is 0 Å². The molecule has 1 heterocycles. The van der Waals surface area contributed by atoms with Gasteiger partial charge in [-0.1, -0.05) is 0 Å². The Kier molecular flexibility index (Phi) is 3.95. The second-order valence-electron chi connectivity index (χ2n) is 3.73. The molecule has 0 saturated heterocycles. The van der Waals surface area contributed by atoms with Gasteiger partial charge in [-0.3, -0.25) is 4.68 Å². The smallest absolute Gasteiger partial charge is 0.148 e. The molecule has 1 rings (SSSR count). The molecular weight excluding hydrogens is 178 g/mol. The molecule has 14 heavy (non-hydrogen) atoms. The van der Waals surface area contributed by atoms with Crippen molar-refractivity contribution in [2.24, 2.45) is 0 Å². The van der Waals surface area contributed by atoms with Crippen LogP contribution in [0.4, 0.5) is 5.82 Å². The summed E-state index contributed by atoms with van der Waals surface area (Å²) in [4.78, 5) is 0. The van der Waals surface area contributed by atoms with Crippen molar-refractivity contribution in [1.82, 2.24) is 9.78 Å². The van der Waals surface area contributed by atoms with Crippen molar-refractivity contribution in [3.05, 3.63) is 11.8 Å². The largest absolute Gasteiger partial charge is 0.382 e. The van der Waals surface area contributed by atoms with Crippen molar-refractivity contribution in [3.63, 3.8) is 0 Å². The number of aromatic nitrogens is 2. The van der Waals surface area contributed by atoms with Gasteiger partial charge >= 0.3 is 0 Å². The van der Waals surface area contributed by atoms with Gasteiger partial charge in [0.1, 0.15) is 5.82 Å². The summed E-state index contributed by atoms with van der Waals surface area (Å²) in [7, 11) is 0. The maximum Gasteiger partial charge on any atom is 0.148 e. The van der Waals surface area contributed by atoms with E-state index in [4.69, 9.17) is 10.5 Å². The topological polar surface area (TPSA) is 53.1 Å². The Morgan fingerprint density at radius 3 is 2.79 bits per heavy atom. The fraction of sp³-hybridized carbons (Fsp3) is 0.700. The minimum absolute atomic E-state index is 0.305. The van der Waals surface area contributed by atoms with Crippen LogP contribution in [-0.2, 0) is 11.3 Å². The van der Waals surface area contributed by atoms with Crippen LogP contribution in [0.15, 0.2) is 6.20 Å². The lowest BCUT2D eigenvalue weighted by Gasteiger charge is -2.06. The van der Waals surface area contributed by atoms with Crippen LogP contribution in [0.1, 0.15) is 25.8 Å². The Bertz CT molecular complexity index is 261. The summed E-state index contributed by atoms with van der Waals surface area (Å²) >= 11 is 0. The van der Waals surface area contributed by atoms with Crippen molar-refractivity contribution >= 4 is 5.82 Å². The van der Waals surface area contributed by atoms with Crippen molar-refractivity contribution in [3.8, 4) is 0 Å². The molecule has 0 aliphatic carbocycles. The average molecular weight is 197 g/mol. The number of nitrogen functional groups attached to an aromatic ring is 1. The number of anilines is 1. The first-order chi connectivity index (χ1) is 6.59. The summed E-state index contributed by atoms with van der Waals surface area (Å²) in [5, 5.41) is 4.17. The Morgan fingerprint density at radius 2 is 2.29 bits per heavy atom. The molecular formula is C10H19N3O. The molecule has 0 radical (unpaired) electrons. The minimum Gasteiger partial charge on any atom is -0.382 e. The Morgan fingerprint density at radius 1 is 1.57 bits per heavy atom. The van der Waals surface area contributed by atoms with Crippen LogP contribution in [0.3, 0.4) is 0 Å². The Labute approximate surface area is 85.0 Å². The molecule has 0 fully saturated rings. The highest BCUT2D eigenvalue weighted by Gasteiger charge is 2.00. The minimum atomic E-state index is 0.305. The monoisotopic (exact) mass is 197 g/mol. The van der Waals surface area contributed by atoms with E-state index in [1.54, 1.807) is 0 Å². The summed E-state index contributed by atoms with van der Waals surface area (Å²) in [6.45, 7) is 7.68. The van der Waals surface area contributed by atoms with Gasteiger partial charge in [-0.05, 0) is 27.2 Å². The van der Waals surface area contributed by atoms with E-state index < -0.39 is 0 Å². The van der Waals surface area contributed by atoms with Gasteiger partial charge in [0.05, 0.1) is 6.10 Å². The number of ether oxygens (including phenoxy) is 1. The molecule has 0 aliphatic heterocycles. The molecule has 2 N–H and O–H groups in total. The van der Waals surface area contributed by atoms with Crippen LogP contribution < -0.4 is 5.73 Å². The zero-order valence-electron chi connectivity index (χ0n) is 9.16. The van der Waals surface area contributed by atoms with Gasteiger partial charge in [0.2, 0.25) is 0 Å². The molecule has 1 aromatic heterocycles. The second-order valence-corrected chi connectivity index (χ2v) is 3.73. The van der Waals surface area contributed by atoms with Gasteiger partial charge in [0, 0.05) is 24.9 Å². The number of aryl methyl sites for hydroxylation is 2. The fourth-order valence-electron chi connectivity index (χ4n) is 1.20. The third-order valence-corrected chi connectivity index (χ3v) is 1.97. The summed E-state index contributed by atoms with van der Waals surface area (Å²) in [5.74, 6) is 0.620. The summed E-state index contributed by atoms with van der Waals surface area (Å²) in [6.07, 6.45) is 3.24. The molecule has 0 saturated carbocycles. The highest BCUT2D eigenvalue weighted by atomic mass is 16.5. The number of rotatable bonds is 5. The molecule has 0 aromatic carbocycles. The molecule has 0 aliphatic rings. The lowest BCUT2D eigenvalue weighted by molar-refractivity contribution is 0.0743. The van der Waals surface area contributed by atoms with E-state index in [9.17, 15) is 0 Å². The van der Waals surface area contributed by atoms with E-state index in [0.717, 1.165) is 25.1 Å². The number of nitrogens with two attached hydrogens (primary N) is 1. The average Bonchev–Trinajstić information content (AvgIpc) is 2.40. The zero-order valence-corrected chi connectivity index (χ0v) is 9.16. The van der Waals surface area contributed by atoms with E-state index in [-0.39, 0.29) is 0 Å². The van der Waals surface area contributed by atoms with Gasteiger partial charge in [-0.2, -0.15) is 5.10 Å². The molecule has 0 amide bonds. The van der Waals surface area contributed by atoms with Crippen LogP contribution in [0.25, 0.3) is 0 Å². The molecule has 80 valence electrons. The summed E-state index contributed by atoms with van der Waals surface area (Å²) in [5.41, 5.74) is 6.67. The molecule has 0 bridgehead atoms. The highest BCUT2D eigenvalue weighted by molar-refractivity contribution is 5.35. The molecule has 0 spiro atoms. The van der Waals surface area contributed by atoms with Crippen LogP contribution in [0, 0.1) is 6.92 Å². The SMILES string of the molecule is Cc1cn(CCCOC(C)C)nc1N. The lowest BCUT2D eigenvalue weighted by atomic mass is 10.4. The van der Waals surface area contributed by atoms with Crippen molar-refractivity contribution in [2.45, 2.75) is 39.8 Å². The molecule has 0 unspecified atom stereocenters. The van der Waals surface area contributed by atoms with Crippen molar-refractivity contribution < 1.29 is 4.74 Å². The first-order valence-electron chi connectivity index (χ1n) is 5.00. The maximum atomic E-state index is 5.63. The molecule has 1 aromatic rings. The van der Waals surface area contributed by atoms with Crippen LogP contribution in [-0.4, -0.2) is 22.5 Å². The maximum absolute atomic E-state index is 5.63. The van der Waals surface area contributed by atoms with E-state index in [1.165, 1.54) is 0 Å². The molecule has 4 nitrogen and oxygen atoms in total. The first-order valence-corrected chi connectivity index (χ1v) is 5.00.